The third kappa shape index (κ3) is 5.97. The van der Waals surface area contributed by atoms with Crippen LogP contribution in [-0.2, 0) is 14.4 Å². The van der Waals surface area contributed by atoms with E-state index < -0.39 is 55.2 Å². The van der Waals surface area contributed by atoms with Gasteiger partial charge in [-0.3, -0.25) is 14.4 Å². The van der Waals surface area contributed by atoms with E-state index in [1.807, 2.05) is 30.3 Å². The van der Waals surface area contributed by atoms with Crippen LogP contribution in [0.4, 0.5) is 18.9 Å². The van der Waals surface area contributed by atoms with Crippen LogP contribution in [0.5, 0.6) is 0 Å². The normalized spacial score (nSPS) is 17.0. The van der Waals surface area contributed by atoms with Crippen LogP contribution in [0.25, 0.3) is 0 Å². The van der Waals surface area contributed by atoms with E-state index in [1.165, 1.54) is 4.90 Å². The minimum atomic E-state index is -4.48. The molecule has 2 atom stereocenters. The maximum absolute atomic E-state index is 13.1. The summed E-state index contributed by atoms with van der Waals surface area (Å²) in [5.74, 6) is -3.66. The molecule has 10 heteroatoms. The average molecular weight is 460 g/mol. The summed E-state index contributed by atoms with van der Waals surface area (Å²) in [5.41, 5.74) is 7.64. The molecule has 0 aromatic heterocycles. The third-order valence-electron chi connectivity index (χ3n) is 5.30. The molecule has 0 aliphatic carbocycles. The van der Waals surface area contributed by atoms with Gasteiger partial charge >= 0.3 is 6.18 Å². The van der Waals surface area contributed by atoms with Gasteiger partial charge < -0.3 is 16.0 Å². The lowest BCUT2D eigenvalue weighted by Crippen LogP contribution is -2.46. The Morgan fingerprint density at radius 1 is 1.12 bits per heavy atom. The van der Waals surface area contributed by atoms with E-state index in [4.69, 9.17) is 5.73 Å². The van der Waals surface area contributed by atoms with Crippen molar-refractivity contribution in [1.29, 1.82) is 0 Å². The molecule has 7 nitrogen and oxygen atoms in total. The Hall–Kier alpha value is -3.69. The van der Waals surface area contributed by atoms with Gasteiger partial charge in [-0.15, -0.1) is 0 Å². The Kier molecular flexibility index (Phi) is 7.15. The van der Waals surface area contributed by atoms with E-state index in [9.17, 15) is 27.6 Å². The van der Waals surface area contributed by atoms with Crippen LogP contribution in [-0.4, -0.2) is 42.8 Å². The Morgan fingerprint density at radius 3 is 2.39 bits per heavy atom. The predicted octanol–water partition coefficient (Wildman–Crippen LogP) is 2.78. The molecule has 1 aliphatic rings. The second-order valence-electron chi connectivity index (χ2n) is 7.69. The number of carbonyl (C=O) groups is 3. The lowest BCUT2D eigenvalue weighted by atomic mass is 9.98. The summed E-state index contributed by atoms with van der Waals surface area (Å²) < 4.78 is 37.6. The largest absolute Gasteiger partial charge is 0.389 e. The summed E-state index contributed by atoms with van der Waals surface area (Å²) in [6.07, 6.45) is -8.26. The number of aliphatic imine (C=N–C) groups is 1. The molecule has 0 radical (unpaired) electrons. The van der Waals surface area contributed by atoms with E-state index in [-0.39, 0.29) is 0 Å². The number of benzene rings is 2. The molecule has 2 aromatic carbocycles. The Balaban J connectivity index is 1.88. The fraction of sp³-hybridized carbons (Fsp3) is 0.304. The SMILES string of the molecule is CN1C(=O)[C@@H](NC(=O)C[C@H](CCC(F)(F)F)C(N)=O)N=C(c2ccccc2)c2ccccc21. The number of rotatable bonds is 7. The van der Waals surface area contributed by atoms with Gasteiger partial charge in [-0.25, -0.2) is 4.99 Å². The smallest absolute Gasteiger partial charge is 0.369 e. The molecule has 2 aromatic rings. The number of primary amides is 1. The van der Waals surface area contributed by atoms with E-state index in [0.29, 0.717) is 22.5 Å². The number of amides is 3. The van der Waals surface area contributed by atoms with Crippen LogP contribution in [0.15, 0.2) is 59.6 Å². The van der Waals surface area contributed by atoms with Gasteiger partial charge in [-0.05, 0) is 12.5 Å². The zero-order valence-corrected chi connectivity index (χ0v) is 17.8. The number of nitrogens with zero attached hydrogens (tertiary/aromatic N) is 2. The minimum Gasteiger partial charge on any atom is -0.369 e. The first-order valence-electron chi connectivity index (χ1n) is 10.2. The summed E-state index contributed by atoms with van der Waals surface area (Å²) in [4.78, 5) is 43.1. The lowest BCUT2D eigenvalue weighted by Gasteiger charge is -2.21. The summed E-state index contributed by atoms with van der Waals surface area (Å²) in [6.45, 7) is 0. The number of hydrogen-bond donors (Lipinski definition) is 2. The maximum atomic E-state index is 13.1. The van der Waals surface area contributed by atoms with Crippen molar-refractivity contribution < 1.29 is 27.6 Å². The first-order chi connectivity index (χ1) is 15.6. The summed E-state index contributed by atoms with van der Waals surface area (Å²) >= 11 is 0. The van der Waals surface area contributed by atoms with Gasteiger partial charge in [0.05, 0.1) is 11.4 Å². The number of para-hydroxylation sites is 1. The second kappa shape index (κ2) is 9.85. The molecule has 0 unspecified atom stereocenters. The molecule has 1 aliphatic heterocycles. The van der Waals surface area contributed by atoms with Crippen molar-refractivity contribution in [1.82, 2.24) is 5.32 Å². The zero-order valence-electron chi connectivity index (χ0n) is 17.8. The number of likely N-dealkylation sites (N-methyl/N-ethyl adjacent to an activating group) is 1. The monoisotopic (exact) mass is 460 g/mol. The van der Waals surface area contributed by atoms with E-state index in [0.717, 1.165) is 0 Å². The highest BCUT2D eigenvalue weighted by molar-refractivity contribution is 6.20. The quantitative estimate of drug-likeness (QED) is 0.664. The van der Waals surface area contributed by atoms with Gasteiger partial charge in [-0.2, -0.15) is 13.2 Å². The standard InChI is InChI=1S/C23H23F3N4O3/c1-30-17-10-6-5-9-16(17)19(14-7-3-2-4-8-14)29-21(22(30)33)28-18(31)13-15(20(27)32)11-12-23(24,25)26/h2-10,15,21H,11-13H2,1H3,(H2,27,32)(H,28,31)/t15-,21-/m0/s1. The Labute approximate surface area is 188 Å². The molecule has 0 saturated carbocycles. The molecule has 0 bridgehead atoms. The van der Waals surface area contributed by atoms with Gasteiger partial charge in [0.15, 0.2) is 0 Å². The first kappa shape index (κ1) is 24.0. The molecular formula is C23H23F3N4O3. The number of halogens is 3. The fourth-order valence-electron chi connectivity index (χ4n) is 3.56. The fourth-order valence-corrected chi connectivity index (χ4v) is 3.56. The van der Waals surface area contributed by atoms with Crippen molar-refractivity contribution in [3.8, 4) is 0 Å². The van der Waals surface area contributed by atoms with Crippen LogP contribution in [0, 0.1) is 5.92 Å². The molecule has 3 amide bonds. The summed E-state index contributed by atoms with van der Waals surface area (Å²) in [7, 11) is 1.54. The van der Waals surface area contributed by atoms with Crippen LogP contribution in [0.2, 0.25) is 0 Å². The summed E-state index contributed by atoms with van der Waals surface area (Å²) in [6, 6.07) is 16.2. The Bertz CT molecular complexity index is 1070. The van der Waals surface area contributed by atoms with Gasteiger partial charge in [-0.1, -0.05) is 48.5 Å². The molecule has 0 saturated heterocycles. The lowest BCUT2D eigenvalue weighted by molar-refractivity contribution is -0.142. The third-order valence-corrected chi connectivity index (χ3v) is 5.30. The van der Waals surface area contributed by atoms with Crippen LogP contribution in [0.1, 0.15) is 30.4 Å². The van der Waals surface area contributed by atoms with Crippen molar-refractivity contribution in [2.24, 2.45) is 16.6 Å². The molecular weight excluding hydrogens is 437 g/mol. The number of nitrogens with two attached hydrogens (primary N) is 1. The van der Waals surface area contributed by atoms with E-state index in [1.54, 1.807) is 31.3 Å². The van der Waals surface area contributed by atoms with Crippen molar-refractivity contribution in [2.45, 2.75) is 31.6 Å². The minimum absolute atomic E-state index is 0.470. The molecule has 0 fully saturated rings. The predicted molar refractivity (Wildman–Crippen MR) is 116 cm³/mol. The highest BCUT2D eigenvalue weighted by Crippen LogP contribution is 2.28. The number of anilines is 1. The van der Waals surface area contributed by atoms with E-state index >= 15 is 0 Å². The number of fused-ring (bicyclic) bond motifs is 1. The highest BCUT2D eigenvalue weighted by atomic mass is 19.4. The van der Waals surface area contributed by atoms with Crippen molar-refractivity contribution in [2.75, 3.05) is 11.9 Å². The van der Waals surface area contributed by atoms with Crippen LogP contribution < -0.4 is 16.0 Å². The van der Waals surface area contributed by atoms with E-state index in [2.05, 4.69) is 10.3 Å². The topological polar surface area (TPSA) is 105 Å². The number of hydrogen-bond acceptors (Lipinski definition) is 4. The molecule has 174 valence electrons. The van der Waals surface area contributed by atoms with Crippen LogP contribution >= 0.6 is 0 Å². The zero-order chi connectivity index (χ0) is 24.2. The molecule has 3 rings (SSSR count). The molecule has 1 heterocycles. The van der Waals surface area contributed by atoms with Gasteiger partial charge in [0.2, 0.25) is 18.0 Å². The second-order valence-corrected chi connectivity index (χ2v) is 7.69. The maximum Gasteiger partial charge on any atom is 0.389 e. The van der Waals surface area contributed by atoms with Crippen molar-refractivity contribution in [3.63, 3.8) is 0 Å². The van der Waals surface area contributed by atoms with Gasteiger partial charge in [0.1, 0.15) is 0 Å². The van der Waals surface area contributed by atoms with Crippen LogP contribution in [0.3, 0.4) is 0 Å². The summed E-state index contributed by atoms with van der Waals surface area (Å²) in [5, 5.41) is 2.45. The van der Waals surface area contributed by atoms with Crippen molar-refractivity contribution in [3.05, 3.63) is 65.7 Å². The molecule has 33 heavy (non-hydrogen) atoms. The van der Waals surface area contributed by atoms with Crippen molar-refractivity contribution >= 4 is 29.1 Å². The Morgan fingerprint density at radius 2 is 1.76 bits per heavy atom. The highest BCUT2D eigenvalue weighted by Gasteiger charge is 2.33. The average Bonchev–Trinajstić information content (AvgIpc) is 2.87. The number of nitrogens with one attached hydrogen (secondary N) is 1. The van der Waals surface area contributed by atoms with Gasteiger partial charge in [0.25, 0.3) is 5.91 Å². The number of carbonyl (C=O) groups excluding carboxylic acids is 3. The number of benzodiazepines with no additional fused rings is 1. The first-order valence-corrected chi connectivity index (χ1v) is 10.2. The molecule has 3 N–H and O–H groups in total. The van der Waals surface area contributed by atoms with Gasteiger partial charge in [0, 0.05) is 36.9 Å². The number of alkyl halides is 3. The molecule has 0 spiro atoms.